The van der Waals surface area contributed by atoms with Crippen LogP contribution >= 0.6 is 0 Å². The van der Waals surface area contributed by atoms with Crippen molar-refractivity contribution in [3.8, 4) is 0 Å². The minimum atomic E-state index is -0.102. The number of anilines is 1. The first-order chi connectivity index (χ1) is 11.4. The normalized spacial score (nSPS) is 18.5. The molecule has 1 aromatic rings. The van der Waals surface area contributed by atoms with Crippen molar-refractivity contribution in [2.24, 2.45) is 12.5 Å². The Morgan fingerprint density at radius 2 is 2.29 bits per heavy atom. The van der Waals surface area contributed by atoms with Crippen molar-refractivity contribution in [1.82, 2.24) is 20.4 Å². The molecule has 1 aliphatic rings. The maximum atomic E-state index is 12.0. The summed E-state index contributed by atoms with van der Waals surface area (Å²) in [6.07, 6.45) is 7.69. The summed E-state index contributed by atoms with van der Waals surface area (Å²) in [6, 6.07) is 0.0580. The van der Waals surface area contributed by atoms with Gasteiger partial charge in [0, 0.05) is 45.5 Å². The summed E-state index contributed by atoms with van der Waals surface area (Å²) >= 11 is 0. The summed E-state index contributed by atoms with van der Waals surface area (Å²) in [7, 11) is 1.91. The monoisotopic (exact) mass is 337 g/mol. The van der Waals surface area contributed by atoms with Gasteiger partial charge in [0.2, 0.25) is 0 Å². The van der Waals surface area contributed by atoms with E-state index in [1.807, 2.05) is 33.3 Å². The molecule has 2 heterocycles. The van der Waals surface area contributed by atoms with Crippen molar-refractivity contribution in [2.45, 2.75) is 45.6 Å². The van der Waals surface area contributed by atoms with E-state index < -0.39 is 0 Å². The lowest BCUT2D eigenvalue weighted by Gasteiger charge is -2.33. The van der Waals surface area contributed by atoms with Gasteiger partial charge in [-0.15, -0.1) is 0 Å². The number of aryl methyl sites for hydroxylation is 1. The molecule has 0 aromatic carbocycles. The average molecular weight is 337 g/mol. The SMILES string of the molecule is Cn1cc(N2CCCC(NC(=O)NCCCC(C)(C)CO)C2)cn1. The Balaban J connectivity index is 1.70. The van der Waals surface area contributed by atoms with Crippen molar-refractivity contribution < 1.29 is 9.90 Å². The number of piperidine rings is 1. The molecule has 1 fully saturated rings. The van der Waals surface area contributed by atoms with Crippen LogP contribution in [0.3, 0.4) is 0 Å². The molecule has 136 valence electrons. The molecule has 1 aromatic heterocycles. The number of carbonyl (C=O) groups is 1. The van der Waals surface area contributed by atoms with Gasteiger partial charge in [-0.2, -0.15) is 5.10 Å². The smallest absolute Gasteiger partial charge is 0.315 e. The summed E-state index contributed by atoms with van der Waals surface area (Å²) in [5, 5.41) is 19.4. The number of urea groups is 1. The van der Waals surface area contributed by atoms with Crippen LogP contribution in [0, 0.1) is 5.41 Å². The summed E-state index contributed by atoms with van der Waals surface area (Å²) in [5.41, 5.74) is 1.03. The summed E-state index contributed by atoms with van der Waals surface area (Å²) in [4.78, 5) is 14.3. The number of hydrogen-bond acceptors (Lipinski definition) is 4. The highest BCUT2D eigenvalue weighted by Crippen LogP contribution is 2.20. The predicted octanol–water partition coefficient (Wildman–Crippen LogP) is 1.49. The third kappa shape index (κ3) is 5.70. The highest BCUT2D eigenvalue weighted by Gasteiger charge is 2.22. The fourth-order valence-corrected chi connectivity index (χ4v) is 2.99. The lowest BCUT2D eigenvalue weighted by Crippen LogP contribution is -2.50. The lowest BCUT2D eigenvalue weighted by molar-refractivity contribution is 0.148. The van der Waals surface area contributed by atoms with Crippen molar-refractivity contribution in [1.29, 1.82) is 0 Å². The van der Waals surface area contributed by atoms with Gasteiger partial charge in [-0.3, -0.25) is 4.68 Å². The summed E-state index contributed by atoms with van der Waals surface area (Å²) in [6.45, 7) is 6.68. The Morgan fingerprint density at radius 3 is 2.96 bits per heavy atom. The number of aliphatic hydroxyl groups is 1. The van der Waals surface area contributed by atoms with Gasteiger partial charge in [-0.25, -0.2) is 4.79 Å². The number of amides is 2. The largest absolute Gasteiger partial charge is 0.396 e. The minimum Gasteiger partial charge on any atom is -0.396 e. The van der Waals surface area contributed by atoms with Gasteiger partial charge in [0.05, 0.1) is 11.9 Å². The lowest BCUT2D eigenvalue weighted by atomic mass is 9.89. The minimum absolute atomic E-state index is 0.0776. The van der Waals surface area contributed by atoms with Crippen LogP contribution in [0.15, 0.2) is 12.4 Å². The van der Waals surface area contributed by atoms with E-state index in [9.17, 15) is 9.90 Å². The molecule has 2 rings (SSSR count). The molecule has 7 heteroatoms. The Kier molecular flexibility index (Phi) is 6.48. The van der Waals surface area contributed by atoms with Gasteiger partial charge in [0.1, 0.15) is 0 Å². The number of nitrogens with one attached hydrogen (secondary N) is 2. The summed E-state index contributed by atoms with van der Waals surface area (Å²) < 4.78 is 1.80. The molecule has 7 nitrogen and oxygen atoms in total. The number of carbonyl (C=O) groups excluding carboxylic acids is 1. The number of aliphatic hydroxyl groups excluding tert-OH is 1. The fourth-order valence-electron chi connectivity index (χ4n) is 2.99. The quantitative estimate of drug-likeness (QED) is 0.658. The van der Waals surface area contributed by atoms with E-state index in [0.717, 1.165) is 44.5 Å². The molecule has 0 radical (unpaired) electrons. The van der Waals surface area contributed by atoms with Gasteiger partial charge in [0.25, 0.3) is 0 Å². The molecule has 0 aliphatic carbocycles. The highest BCUT2D eigenvalue weighted by molar-refractivity contribution is 5.74. The molecule has 1 saturated heterocycles. The summed E-state index contributed by atoms with van der Waals surface area (Å²) in [5.74, 6) is 0. The van der Waals surface area contributed by atoms with Crippen LogP contribution in [0.25, 0.3) is 0 Å². The van der Waals surface area contributed by atoms with Crippen molar-refractivity contribution >= 4 is 11.7 Å². The Morgan fingerprint density at radius 1 is 1.50 bits per heavy atom. The van der Waals surface area contributed by atoms with E-state index >= 15 is 0 Å². The zero-order valence-corrected chi connectivity index (χ0v) is 15.1. The fraction of sp³-hybridized carbons (Fsp3) is 0.765. The molecular weight excluding hydrogens is 306 g/mol. The van der Waals surface area contributed by atoms with E-state index in [4.69, 9.17) is 0 Å². The Hall–Kier alpha value is -1.76. The van der Waals surface area contributed by atoms with Gasteiger partial charge in [0.15, 0.2) is 0 Å². The zero-order valence-electron chi connectivity index (χ0n) is 15.1. The van der Waals surface area contributed by atoms with Gasteiger partial charge in [-0.05, 0) is 31.1 Å². The molecule has 24 heavy (non-hydrogen) atoms. The van der Waals surface area contributed by atoms with Crippen molar-refractivity contribution in [3.05, 3.63) is 12.4 Å². The second-order valence-electron chi connectivity index (χ2n) is 7.48. The van der Waals surface area contributed by atoms with E-state index in [-0.39, 0.29) is 24.1 Å². The molecule has 1 aliphatic heterocycles. The average Bonchev–Trinajstić information content (AvgIpc) is 2.98. The van der Waals surface area contributed by atoms with Crippen LogP contribution in [0.1, 0.15) is 39.5 Å². The van der Waals surface area contributed by atoms with Crippen LogP contribution in [0.2, 0.25) is 0 Å². The molecule has 3 N–H and O–H groups in total. The molecule has 0 spiro atoms. The third-order valence-electron chi connectivity index (χ3n) is 4.56. The third-order valence-corrected chi connectivity index (χ3v) is 4.56. The van der Waals surface area contributed by atoms with Crippen LogP contribution in [0.5, 0.6) is 0 Å². The van der Waals surface area contributed by atoms with Gasteiger partial charge >= 0.3 is 6.03 Å². The van der Waals surface area contributed by atoms with Crippen LogP contribution in [-0.4, -0.2) is 53.2 Å². The highest BCUT2D eigenvalue weighted by atomic mass is 16.3. The first-order valence-electron chi connectivity index (χ1n) is 8.78. The van der Waals surface area contributed by atoms with E-state index in [1.165, 1.54) is 0 Å². The number of hydrogen-bond donors (Lipinski definition) is 3. The van der Waals surface area contributed by atoms with E-state index in [1.54, 1.807) is 4.68 Å². The van der Waals surface area contributed by atoms with Crippen LogP contribution < -0.4 is 15.5 Å². The second-order valence-corrected chi connectivity index (χ2v) is 7.48. The first-order valence-corrected chi connectivity index (χ1v) is 8.78. The van der Waals surface area contributed by atoms with Gasteiger partial charge < -0.3 is 20.6 Å². The van der Waals surface area contributed by atoms with E-state index in [2.05, 4.69) is 20.6 Å². The van der Waals surface area contributed by atoms with E-state index in [0.29, 0.717) is 6.54 Å². The second kappa shape index (κ2) is 8.37. The van der Waals surface area contributed by atoms with Gasteiger partial charge in [-0.1, -0.05) is 13.8 Å². The molecular formula is C17H31N5O2. The zero-order chi connectivity index (χ0) is 17.6. The maximum absolute atomic E-state index is 12.0. The molecule has 0 saturated carbocycles. The standard InChI is InChI=1S/C17H31N5O2/c1-17(2,13-23)7-5-8-18-16(24)20-14-6-4-9-22(11-14)15-10-19-21(3)12-15/h10,12,14,23H,4-9,11,13H2,1-3H3,(H2,18,20,24). The molecule has 2 amide bonds. The number of rotatable bonds is 7. The van der Waals surface area contributed by atoms with Crippen molar-refractivity contribution in [2.75, 3.05) is 31.1 Å². The van der Waals surface area contributed by atoms with Crippen molar-refractivity contribution in [3.63, 3.8) is 0 Å². The van der Waals surface area contributed by atoms with Crippen LogP contribution in [0.4, 0.5) is 10.5 Å². The maximum Gasteiger partial charge on any atom is 0.315 e. The Bertz CT molecular complexity index is 529. The number of aromatic nitrogens is 2. The van der Waals surface area contributed by atoms with Crippen LogP contribution in [-0.2, 0) is 7.05 Å². The molecule has 0 bridgehead atoms. The number of nitrogens with zero attached hydrogens (tertiary/aromatic N) is 3. The predicted molar refractivity (Wildman–Crippen MR) is 95.1 cm³/mol. The topological polar surface area (TPSA) is 82.4 Å². The molecule has 1 atom stereocenters. The first kappa shape index (κ1) is 18.6. The Labute approximate surface area is 144 Å². The molecule has 1 unspecified atom stereocenters.